The fourth-order valence-electron chi connectivity index (χ4n) is 2.39. The fourth-order valence-corrected chi connectivity index (χ4v) is 2.99. The van der Waals surface area contributed by atoms with E-state index in [0.29, 0.717) is 19.5 Å². The molecule has 0 radical (unpaired) electrons. The van der Waals surface area contributed by atoms with Crippen LogP contribution in [0.2, 0.25) is 0 Å². The van der Waals surface area contributed by atoms with E-state index in [2.05, 4.69) is 15.0 Å². The molecule has 7 heteroatoms. The quantitative estimate of drug-likeness (QED) is 0.881. The SMILES string of the molecule is Cc1nc(CN2Cc3[nH]cnc3CC2C(=O)O)cs1. The Morgan fingerprint density at radius 1 is 1.68 bits per heavy atom. The summed E-state index contributed by atoms with van der Waals surface area (Å²) < 4.78 is 0. The molecule has 3 rings (SSSR count). The van der Waals surface area contributed by atoms with Gasteiger partial charge in [0.25, 0.3) is 0 Å². The number of carboxylic acids is 1. The van der Waals surface area contributed by atoms with E-state index in [1.807, 2.05) is 17.2 Å². The molecule has 6 nitrogen and oxygen atoms in total. The van der Waals surface area contributed by atoms with Crippen LogP contribution < -0.4 is 0 Å². The van der Waals surface area contributed by atoms with Crippen LogP contribution in [0.3, 0.4) is 0 Å². The van der Waals surface area contributed by atoms with Crippen molar-refractivity contribution in [2.45, 2.75) is 32.5 Å². The third-order valence-corrected chi connectivity index (χ3v) is 4.14. The van der Waals surface area contributed by atoms with Crippen molar-refractivity contribution in [2.75, 3.05) is 0 Å². The Balaban J connectivity index is 1.84. The molecular weight excluding hydrogens is 264 g/mol. The summed E-state index contributed by atoms with van der Waals surface area (Å²) in [6.07, 6.45) is 2.07. The molecule has 2 aromatic rings. The Labute approximate surface area is 114 Å². The van der Waals surface area contributed by atoms with Crippen molar-refractivity contribution in [2.24, 2.45) is 0 Å². The zero-order chi connectivity index (χ0) is 13.4. The molecule has 1 aliphatic rings. The maximum atomic E-state index is 11.4. The fraction of sp³-hybridized carbons (Fsp3) is 0.417. The number of nitrogens with one attached hydrogen (secondary N) is 1. The monoisotopic (exact) mass is 278 g/mol. The van der Waals surface area contributed by atoms with Crippen molar-refractivity contribution >= 4 is 17.3 Å². The van der Waals surface area contributed by atoms with E-state index in [1.165, 1.54) is 0 Å². The number of H-pyrrole nitrogens is 1. The van der Waals surface area contributed by atoms with E-state index in [0.717, 1.165) is 22.1 Å². The van der Waals surface area contributed by atoms with Crippen molar-refractivity contribution in [3.63, 3.8) is 0 Å². The van der Waals surface area contributed by atoms with Crippen LogP contribution in [0.15, 0.2) is 11.7 Å². The molecule has 100 valence electrons. The standard InChI is InChI=1S/C12H14N4O2S/c1-7-15-8(5-19-7)3-16-4-10-9(13-6-14-10)2-11(16)12(17)18/h5-6,11H,2-4H2,1H3,(H,13,14)(H,17,18). The first-order valence-corrected chi connectivity index (χ1v) is 6.90. The molecule has 0 fully saturated rings. The van der Waals surface area contributed by atoms with Crippen LogP contribution >= 0.6 is 11.3 Å². The van der Waals surface area contributed by atoms with Gasteiger partial charge < -0.3 is 10.1 Å². The first-order chi connectivity index (χ1) is 9.13. The predicted molar refractivity (Wildman–Crippen MR) is 69.8 cm³/mol. The number of hydrogen-bond acceptors (Lipinski definition) is 5. The van der Waals surface area contributed by atoms with Crippen molar-refractivity contribution in [1.82, 2.24) is 19.9 Å². The maximum absolute atomic E-state index is 11.4. The second-order valence-electron chi connectivity index (χ2n) is 4.65. The van der Waals surface area contributed by atoms with Gasteiger partial charge in [0.05, 0.1) is 28.4 Å². The van der Waals surface area contributed by atoms with Crippen LogP contribution in [-0.4, -0.2) is 37.0 Å². The molecule has 0 bridgehead atoms. The van der Waals surface area contributed by atoms with Gasteiger partial charge >= 0.3 is 5.97 Å². The topological polar surface area (TPSA) is 82.1 Å². The Bertz CT molecular complexity index is 606. The minimum atomic E-state index is -0.805. The van der Waals surface area contributed by atoms with E-state index >= 15 is 0 Å². The summed E-state index contributed by atoms with van der Waals surface area (Å²) in [6, 6.07) is -0.530. The van der Waals surface area contributed by atoms with Gasteiger partial charge in [-0.1, -0.05) is 0 Å². The zero-order valence-corrected chi connectivity index (χ0v) is 11.3. The van der Waals surface area contributed by atoms with Gasteiger partial charge in [0.15, 0.2) is 0 Å². The van der Waals surface area contributed by atoms with Crippen molar-refractivity contribution in [3.8, 4) is 0 Å². The second kappa shape index (κ2) is 4.75. The molecule has 0 amide bonds. The number of aliphatic carboxylic acids is 1. The van der Waals surface area contributed by atoms with Gasteiger partial charge in [-0.25, -0.2) is 9.97 Å². The lowest BCUT2D eigenvalue weighted by Gasteiger charge is -2.31. The number of hydrogen-bond donors (Lipinski definition) is 2. The lowest BCUT2D eigenvalue weighted by atomic mass is 10.0. The molecule has 2 N–H and O–H groups in total. The highest BCUT2D eigenvalue weighted by Gasteiger charge is 2.33. The van der Waals surface area contributed by atoms with Crippen molar-refractivity contribution in [1.29, 1.82) is 0 Å². The molecule has 0 aromatic carbocycles. The molecule has 3 heterocycles. The summed E-state index contributed by atoms with van der Waals surface area (Å²) in [6.45, 7) is 3.08. The number of fused-ring (bicyclic) bond motifs is 1. The molecule has 0 spiro atoms. The number of rotatable bonds is 3. The normalized spacial score (nSPS) is 19.3. The molecule has 1 atom stereocenters. The predicted octanol–water partition coefficient (Wildman–Crippen LogP) is 1.19. The van der Waals surface area contributed by atoms with Gasteiger partial charge in [-0.2, -0.15) is 0 Å². The summed E-state index contributed by atoms with van der Waals surface area (Å²) in [5, 5.41) is 12.3. The maximum Gasteiger partial charge on any atom is 0.321 e. The molecule has 0 aliphatic carbocycles. The third-order valence-electron chi connectivity index (χ3n) is 3.31. The summed E-state index contributed by atoms with van der Waals surface area (Å²) in [4.78, 5) is 25.0. The van der Waals surface area contributed by atoms with E-state index in [9.17, 15) is 9.90 Å². The van der Waals surface area contributed by atoms with E-state index < -0.39 is 12.0 Å². The first-order valence-electron chi connectivity index (χ1n) is 6.02. The third kappa shape index (κ3) is 2.39. The van der Waals surface area contributed by atoms with Crippen molar-refractivity contribution < 1.29 is 9.90 Å². The number of thiazole rings is 1. The van der Waals surface area contributed by atoms with Gasteiger partial charge in [0.1, 0.15) is 6.04 Å². The van der Waals surface area contributed by atoms with Crippen LogP contribution in [0, 0.1) is 6.92 Å². The average molecular weight is 278 g/mol. The minimum absolute atomic E-state index is 0.442. The highest BCUT2D eigenvalue weighted by Crippen LogP contribution is 2.23. The van der Waals surface area contributed by atoms with Gasteiger partial charge in [-0.05, 0) is 6.92 Å². The van der Waals surface area contributed by atoms with Gasteiger partial charge in [-0.15, -0.1) is 11.3 Å². The zero-order valence-electron chi connectivity index (χ0n) is 10.5. The second-order valence-corrected chi connectivity index (χ2v) is 5.71. The van der Waals surface area contributed by atoms with E-state index in [-0.39, 0.29) is 0 Å². The summed E-state index contributed by atoms with van der Waals surface area (Å²) in [5.74, 6) is -0.805. The van der Waals surface area contributed by atoms with Gasteiger partial charge in [-0.3, -0.25) is 9.69 Å². The van der Waals surface area contributed by atoms with Crippen LogP contribution in [0.4, 0.5) is 0 Å². The Kier molecular flexibility index (Phi) is 3.08. The van der Waals surface area contributed by atoms with Crippen LogP contribution in [-0.2, 0) is 24.3 Å². The molecular formula is C12H14N4O2S. The number of aryl methyl sites for hydroxylation is 1. The molecule has 0 saturated heterocycles. The minimum Gasteiger partial charge on any atom is -0.480 e. The molecule has 1 unspecified atom stereocenters. The average Bonchev–Trinajstić information content (AvgIpc) is 2.96. The van der Waals surface area contributed by atoms with Crippen LogP contribution in [0.25, 0.3) is 0 Å². The highest BCUT2D eigenvalue weighted by atomic mass is 32.1. The number of carboxylic acid groups (broad SMARTS) is 1. The molecule has 19 heavy (non-hydrogen) atoms. The number of imidazole rings is 1. The number of carbonyl (C=O) groups is 1. The lowest BCUT2D eigenvalue weighted by Crippen LogP contribution is -2.45. The Hall–Kier alpha value is -1.73. The van der Waals surface area contributed by atoms with E-state index in [1.54, 1.807) is 17.7 Å². The largest absolute Gasteiger partial charge is 0.480 e. The van der Waals surface area contributed by atoms with Gasteiger partial charge in [0, 0.05) is 24.9 Å². The smallest absolute Gasteiger partial charge is 0.321 e. The lowest BCUT2D eigenvalue weighted by molar-refractivity contribution is -0.144. The number of nitrogens with zero attached hydrogens (tertiary/aromatic N) is 3. The Morgan fingerprint density at radius 2 is 2.53 bits per heavy atom. The highest BCUT2D eigenvalue weighted by molar-refractivity contribution is 7.09. The molecule has 0 saturated carbocycles. The molecule has 2 aromatic heterocycles. The molecule has 1 aliphatic heterocycles. The summed E-state index contributed by atoms with van der Waals surface area (Å²) >= 11 is 1.58. The Morgan fingerprint density at radius 3 is 3.21 bits per heavy atom. The number of aromatic nitrogens is 3. The first kappa shape index (κ1) is 12.3. The van der Waals surface area contributed by atoms with Crippen molar-refractivity contribution in [3.05, 3.63) is 33.8 Å². The van der Waals surface area contributed by atoms with Crippen LogP contribution in [0.5, 0.6) is 0 Å². The number of aromatic amines is 1. The van der Waals surface area contributed by atoms with E-state index in [4.69, 9.17) is 0 Å². The van der Waals surface area contributed by atoms with Gasteiger partial charge in [0.2, 0.25) is 0 Å². The summed E-state index contributed by atoms with van der Waals surface area (Å²) in [7, 11) is 0. The summed E-state index contributed by atoms with van der Waals surface area (Å²) in [5.41, 5.74) is 2.79. The van der Waals surface area contributed by atoms with Crippen LogP contribution in [0.1, 0.15) is 22.1 Å².